The molecule has 1 unspecified atom stereocenters. The van der Waals surface area contributed by atoms with Gasteiger partial charge in [-0.25, -0.2) is 13.2 Å². The van der Waals surface area contributed by atoms with Gasteiger partial charge in [-0.15, -0.1) is 0 Å². The fourth-order valence-corrected chi connectivity index (χ4v) is 3.38. The molecule has 0 aliphatic rings. The first-order chi connectivity index (χ1) is 14.4. The molecular formula is C19H19F3N2O6S. The standard InChI is InChI=1S/C19H19F3N2O6S/c1-12(17(25)23-11-19(20,21)22)30-18(26)13-4-3-5-16(10-13)31(27,28)24-14-6-8-15(29-2)9-7-14/h3-10,12,24H,11H2,1-2H3,(H,23,25). The van der Waals surface area contributed by atoms with Crippen LogP contribution in [0.1, 0.15) is 17.3 Å². The average Bonchev–Trinajstić information content (AvgIpc) is 2.71. The highest BCUT2D eigenvalue weighted by molar-refractivity contribution is 7.92. The predicted molar refractivity (Wildman–Crippen MR) is 104 cm³/mol. The molecule has 0 aliphatic heterocycles. The number of esters is 1. The van der Waals surface area contributed by atoms with Crippen molar-refractivity contribution in [2.75, 3.05) is 18.4 Å². The maximum absolute atomic E-state index is 12.6. The second-order valence-corrected chi connectivity index (χ2v) is 7.92. The number of alkyl halides is 3. The predicted octanol–water partition coefficient (Wildman–Crippen LogP) is 2.72. The first kappa shape index (κ1) is 24.0. The van der Waals surface area contributed by atoms with Crippen molar-refractivity contribution in [1.29, 1.82) is 0 Å². The van der Waals surface area contributed by atoms with Gasteiger partial charge in [0.1, 0.15) is 12.3 Å². The number of hydrogen-bond acceptors (Lipinski definition) is 6. The number of nitrogens with one attached hydrogen (secondary N) is 2. The van der Waals surface area contributed by atoms with E-state index in [-0.39, 0.29) is 16.1 Å². The number of sulfonamides is 1. The molecule has 0 spiro atoms. The Labute approximate surface area is 176 Å². The largest absolute Gasteiger partial charge is 0.497 e. The van der Waals surface area contributed by atoms with Gasteiger partial charge in [0.25, 0.3) is 15.9 Å². The lowest BCUT2D eigenvalue weighted by molar-refractivity contribution is -0.143. The van der Waals surface area contributed by atoms with Crippen LogP contribution in [0.15, 0.2) is 53.4 Å². The van der Waals surface area contributed by atoms with Gasteiger partial charge in [-0.1, -0.05) is 6.07 Å². The number of carbonyl (C=O) groups is 2. The number of carbonyl (C=O) groups excluding carboxylic acids is 2. The van der Waals surface area contributed by atoms with Crippen molar-refractivity contribution in [3.63, 3.8) is 0 Å². The molecule has 31 heavy (non-hydrogen) atoms. The summed E-state index contributed by atoms with van der Waals surface area (Å²) in [5, 5.41) is 1.59. The molecule has 0 heterocycles. The van der Waals surface area contributed by atoms with E-state index in [2.05, 4.69) is 4.72 Å². The van der Waals surface area contributed by atoms with E-state index in [9.17, 15) is 31.2 Å². The van der Waals surface area contributed by atoms with E-state index in [1.54, 1.807) is 17.4 Å². The van der Waals surface area contributed by atoms with E-state index in [4.69, 9.17) is 9.47 Å². The molecule has 2 aromatic rings. The minimum absolute atomic E-state index is 0.201. The normalized spacial score (nSPS) is 12.5. The van der Waals surface area contributed by atoms with Crippen LogP contribution in [0.4, 0.5) is 18.9 Å². The van der Waals surface area contributed by atoms with Crippen LogP contribution < -0.4 is 14.8 Å². The van der Waals surface area contributed by atoms with E-state index < -0.39 is 40.7 Å². The summed E-state index contributed by atoms with van der Waals surface area (Å²) < 4.78 is 73.8. The van der Waals surface area contributed by atoms with Crippen LogP contribution in [-0.4, -0.2) is 46.2 Å². The third-order valence-electron chi connectivity index (χ3n) is 3.84. The second kappa shape index (κ2) is 9.69. The summed E-state index contributed by atoms with van der Waals surface area (Å²) in [7, 11) is -2.60. The fourth-order valence-electron chi connectivity index (χ4n) is 2.28. The molecule has 0 fully saturated rings. The molecule has 0 radical (unpaired) electrons. The maximum atomic E-state index is 12.6. The monoisotopic (exact) mass is 460 g/mol. The Kier molecular flexibility index (Phi) is 7.50. The zero-order chi connectivity index (χ0) is 23.2. The number of hydrogen-bond donors (Lipinski definition) is 2. The van der Waals surface area contributed by atoms with Crippen molar-refractivity contribution < 1.29 is 40.7 Å². The maximum Gasteiger partial charge on any atom is 0.405 e. The van der Waals surface area contributed by atoms with Crippen molar-refractivity contribution in [1.82, 2.24) is 5.32 Å². The van der Waals surface area contributed by atoms with Crippen LogP contribution in [-0.2, 0) is 19.6 Å². The van der Waals surface area contributed by atoms with Crippen molar-refractivity contribution >= 4 is 27.6 Å². The van der Waals surface area contributed by atoms with Gasteiger partial charge < -0.3 is 14.8 Å². The average molecular weight is 460 g/mol. The molecule has 0 aliphatic carbocycles. The zero-order valence-corrected chi connectivity index (χ0v) is 17.2. The van der Waals surface area contributed by atoms with E-state index in [0.717, 1.165) is 13.0 Å². The second-order valence-electron chi connectivity index (χ2n) is 6.24. The highest BCUT2D eigenvalue weighted by Crippen LogP contribution is 2.20. The summed E-state index contributed by atoms with van der Waals surface area (Å²) in [4.78, 5) is 23.6. The lowest BCUT2D eigenvalue weighted by Crippen LogP contribution is -2.40. The number of methoxy groups -OCH3 is 1. The molecule has 0 aromatic heterocycles. The molecule has 12 heteroatoms. The van der Waals surface area contributed by atoms with E-state index >= 15 is 0 Å². The van der Waals surface area contributed by atoms with Crippen LogP contribution in [0.25, 0.3) is 0 Å². The van der Waals surface area contributed by atoms with Crippen molar-refractivity contribution in [3.8, 4) is 5.75 Å². The van der Waals surface area contributed by atoms with Crippen LogP contribution >= 0.6 is 0 Å². The summed E-state index contributed by atoms with van der Waals surface area (Å²) >= 11 is 0. The van der Waals surface area contributed by atoms with Gasteiger partial charge in [0.2, 0.25) is 0 Å². The molecule has 1 amide bonds. The van der Waals surface area contributed by atoms with Gasteiger partial charge in [-0.3, -0.25) is 9.52 Å². The smallest absolute Gasteiger partial charge is 0.405 e. The Morgan fingerprint density at radius 3 is 2.32 bits per heavy atom. The number of benzene rings is 2. The lowest BCUT2D eigenvalue weighted by Gasteiger charge is -2.15. The van der Waals surface area contributed by atoms with Crippen LogP contribution in [0.2, 0.25) is 0 Å². The number of rotatable bonds is 8. The summed E-state index contributed by atoms with van der Waals surface area (Å²) in [5.74, 6) is -1.69. The third-order valence-corrected chi connectivity index (χ3v) is 5.22. The topological polar surface area (TPSA) is 111 Å². The van der Waals surface area contributed by atoms with E-state index in [1.807, 2.05) is 0 Å². The minimum Gasteiger partial charge on any atom is -0.497 e. The molecule has 168 valence electrons. The Hall–Kier alpha value is -3.28. The number of halogens is 3. The summed E-state index contributed by atoms with van der Waals surface area (Å²) in [6, 6.07) is 10.9. The van der Waals surface area contributed by atoms with Gasteiger partial charge in [0, 0.05) is 5.69 Å². The molecular weight excluding hydrogens is 441 g/mol. The summed E-state index contributed by atoms with van der Waals surface area (Å²) in [6.45, 7) is -0.478. The zero-order valence-electron chi connectivity index (χ0n) is 16.4. The van der Waals surface area contributed by atoms with Gasteiger partial charge in [-0.2, -0.15) is 13.2 Å². The van der Waals surface area contributed by atoms with E-state index in [0.29, 0.717) is 5.75 Å². The molecule has 1 atom stereocenters. The summed E-state index contributed by atoms with van der Waals surface area (Å²) in [6.07, 6.45) is -6.13. The van der Waals surface area contributed by atoms with Gasteiger partial charge in [-0.05, 0) is 49.4 Å². The Morgan fingerprint density at radius 1 is 1.10 bits per heavy atom. The first-order valence-corrected chi connectivity index (χ1v) is 10.2. The third kappa shape index (κ3) is 7.17. The molecule has 8 nitrogen and oxygen atoms in total. The van der Waals surface area contributed by atoms with Gasteiger partial charge in [0.15, 0.2) is 6.10 Å². The van der Waals surface area contributed by atoms with Crippen molar-refractivity contribution in [2.24, 2.45) is 0 Å². The molecule has 0 saturated heterocycles. The number of ether oxygens (including phenoxy) is 2. The van der Waals surface area contributed by atoms with Crippen LogP contribution in [0.5, 0.6) is 5.75 Å². The fraction of sp³-hybridized carbons (Fsp3) is 0.263. The molecule has 2 aromatic carbocycles. The van der Waals surface area contributed by atoms with Crippen molar-refractivity contribution in [3.05, 3.63) is 54.1 Å². The number of amides is 1. The highest BCUT2D eigenvalue weighted by atomic mass is 32.2. The van der Waals surface area contributed by atoms with Crippen LogP contribution in [0.3, 0.4) is 0 Å². The Balaban J connectivity index is 2.09. The number of anilines is 1. The molecule has 0 saturated carbocycles. The molecule has 2 N–H and O–H groups in total. The lowest BCUT2D eigenvalue weighted by atomic mass is 10.2. The van der Waals surface area contributed by atoms with E-state index in [1.165, 1.54) is 37.4 Å². The van der Waals surface area contributed by atoms with Gasteiger partial charge >= 0.3 is 12.1 Å². The van der Waals surface area contributed by atoms with Crippen molar-refractivity contribution in [2.45, 2.75) is 24.1 Å². The Bertz CT molecular complexity index is 1040. The van der Waals surface area contributed by atoms with Gasteiger partial charge in [0.05, 0.1) is 17.6 Å². The highest BCUT2D eigenvalue weighted by Gasteiger charge is 2.29. The minimum atomic E-state index is -4.61. The van der Waals surface area contributed by atoms with Crippen LogP contribution in [0, 0.1) is 0 Å². The SMILES string of the molecule is COc1ccc(NS(=O)(=O)c2cccc(C(=O)OC(C)C(=O)NCC(F)(F)F)c2)cc1. The molecule has 2 rings (SSSR count). The molecule has 0 bridgehead atoms. The quantitative estimate of drug-likeness (QED) is 0.586. The first-order valence-electron chi connectivity index (χ1n) is 8.73. The Morgan fingerprint density at radius 2 is 1.74 bits per heavy atom. The summed E-state index contributed by atoms with van der Waals surface area (Å²) in [5.41, 5.74) is 0.0526.